The zero-order valence-electron chi connectivity index (χ0n) is 15.7. The molecule has 1 amide bonds. The van der Waals surface area contributed by atoms with Gasteiger partial charge in [-0.25, -0.2) is 4.98 Å². The van der Waals surface area contributed by atoms with Crippen molar-refractivity contribution < 1.29 is 9.53 Å². The Morgan fingerprint density at radius 3 is 2.52 bits per heavy atom. The highest BCUT2D eigenvalue weighted by Gasteiger charge is 2.15. The van der Waals surface area contributed by atoms with Crippen molar-refractivity contribution in [3.8, 4) is 17.1 Å². The normalized spacial score (nSPS) is 10.5. The van der Waals surface area contributed by atoms with Crippen molar-refractivity contribution in [2.75, 3.05) is 0 Å². The minimum atomic E-state index is -0.193. The number of H-pyrrole nitrogens is 1. The molecule has 0 spiro atoms. The first-order chi connectivity index (χ1) is 14.3. The number of aromatic amines is 1. The summed E-state index contributed by atoms with van der Waals surface area (Å²) in [4.78, 5) is 16.9. The number of hydrogen-bond acceptors (Lipinski definition) is 4. The number of nitrogens with zero attached hydrogens (tertiary/aromatic N) is 2. The molecule has 4 aromatic rings. The number of rotatable bonds is 7. The molecule has 144 valence electrons. The first kappa shape index (κ1) is 18.4. The van der Waals surface area contributed by atoms with Crippen LogP contribution in [-0.2, 0) is 13.2 Å². The first-order valence-corrected chi connectivity index (χ1v) is 9.28. The maximum atomic E-state index is 12.7. The molecule has 0 aliphatic rings. The van der Waals surface area contributed by atoms with E-state index < -0.39 is 0 Å². The maximum absolute atomic E-state index is 12.7. The molecule has 2 heterocycles. The van der Waals surface area contributed by atoms with Crippen molar-refractivity contribution in [2.24, 2.45) is 0 Å². The van der Waals surface area contributed by atoms with Gasteiger partial charge in [0.15, 0.2) is 0 Å². The number of ether oxygens (including phenoxy) is 1. The molecule has 0 atom stereocenters. The third-order valence-corrected chi connectivity index (χ3v) is 4.43. The Balaban J connectivity index is 1.38. The number of aromatic nitrogens is 3. The van der Waals surface area contributed by atoms with Gasteiger partial charge >= 0.3 is 0 Å². The topological polar surface area (TPSA) is 79.9 Å². The number of amides is 1. The van der Waals surface area contributed by atoms with Crippen LogP contribution in [0.2, 0.25) is 0 Å². The lowest BCUT2D eigenvalue weighted by Gasteiger charge is -2.09. The zero-order chi connectivity index (χ0) is 19.9. The summed E-state index contributed by atoms with van der Waals surface area (Å²) in [7, 11) is 0. The van der Waals surface area contributed by atoms with Gasteiger partial charge in [0.05, 0.1) is 17.5 Å². The third-order valence-electron chi connectivity index (χ3n) is 4.43. The zero-order valence-corrected chi connectivity index (χ0v) is 15.7. The van der Waals surface area contributed by atoms with Gasteiger partial charge < -0.3 is 10.1 Å². The Hall–Kier alpha value is -3.93. The molecule has 29 heavy (non-hydrogen) atoms. The van der Waals surface area contributed by atoms with Gasteiger partial charge in [0, 0.05) is 24.4 Å². The third kappa shape index (κ3) is 4.68. The highest BCUT2D eigenvalue weighted by atomic mass is 16.5. The van der Waals surface area contributed by atoms with Crippen molar-refractivity contribution in [1.82, 2.24) is 20.5 Å². The van der Waals surface area contributed by atoms with E-state index >= 15 is 0 Å². The standard InChI is InChI=1S/C23H20N4O2/c28-23(20-15-26-27-22(20)19-9-5-2-6-10-19)25-14-18-11-12-24-21(13-18)29-16-17-7-3-1-4-8-17/h1-13,15H,14,16H2,(H,25,28)(H,26,27). The molecule has 0 saturated heterocycles. The predicted octanol–water partition coefficient (Wildman–Crippen LogP) is 3.98. The first-order valence-electron chi connectivity index (χ1n) is 9.28. The predicted molar refractivity (Wildman–Crippen MR) is 110 cm³/mol. The van der Waals surface area contributed by atoms with E-state index in [1.807, 2.05) is 72.8 Å². The summed E-state index contributed by atoms with van der Waals surface area (Å²) in [6, 6.07) is 23.2. The second kappa shape index (κ2) is 8.84. The van der Waals surface area contributed by atoms with Crippen LogP contribution in [0.5, 0.6) is 5.88 Å². The fourth-order valence-electron chi connectivity index (χ4n) is 2.93. The van der Waals surface area contributed by atoms with E-state index in [2.05, 4.69) is 20.5 Å². The second-order valence-electron chi connectivity index (χ2n) is 6.48. The average Bonchev–Trinajstić information content (AvgIpc) is 3.28. The van der Waals surface area contributed by atoms with Crippen molar-refractivity contribution in [3.05, 3.63) is 102 Å². The van der Waals surface area contributed by atoms with Crippen LogP contribution >= 0.6 is 0 Å². The molecule has 0 aliphatic heterocycles. The summed E-state index contributed by atoms with van der Waals surface area (Å²) in [5, 5.41) is 9.86. The molecular formula is C23H20N4O2. The van der Waals surface area contributed by atoms with Gasteiger partial charge in [-0.15, -0.1) is 0 Å². The highest BCUT2D eigenvalue weighted by molar-refractivity contribution is 5.99. The molecule has 4 rings (SSSR count). The van der Waals surface area contributed by atoms with Crippen LogP contribution in [0.3, 0.4) is 0 Å². The monoisotopic (exact) mass is 384 g/mol. The van der Waals surface area contributed by atoms with E-state index in [0.717, 1.165) is 16.7 Å². The van der Waals surface area contributed by atoms with Gasteiger partial charge in [-0.05, 0) is 17.2 Å². The lowest BCUT2D eigenvalue weighted by atomic mass is 10.1. The van der Waals surface area contributed by atoms with Crippen LogP contribution in [0.4, 0.5) is 0 Å². The number of nitrogens with one attached hydrogen (secondary N) is 2. The van der Waals surface area contributed by atoms with E-state index in [9.17, 15) is 4.79 Å². The fraction of sp³-hybridized carbons (Fsp3) is 0.0870. The molecule has 2 aromatic carbocycles. The number of hydrogen-bond donors (Lipinski definition) is 2. The van der Waals surface area contributed by atoms with E-state index in [0.29, 0.717) is 30.3 Å². The largest absolute Gasteiger partial charge is 0.473 e. The van der Waals surface area contributed by atoms with Crippen LogP contribution in [0, 0.1) is 0 Å². The van der Waals surface area contributed by atoms with Gasteiger partial charge in [-0.2, -0.15) is 5.10 Å². The van der Waals surface area contributed by atoms with Crippen LogP contribution in [0.25, 0.3) is 11.3 Å². The Morgan fingerprint density at radius 1 is 0.966 bits per heavy atom. The average molecular weight is 384 g/mol. The minimum absolute atomic E-state index is 0.193. The smallest absolute Gasteiger partial charge is 0.255 e. The summed E-state index contributed by atoms with van der Waals surface area (Å²) >= 11 is 0. The van der Waals surface area contributed by atoms with E-state index in [1.165, 1.54) is 0 Å². The lowest BCUT2D eigenvalue weighted by Crippen LogP contribution is -2.23. The SMILES string of the molecule is O=C(NCc1ccnc(OCc2ccccc2)c1)c1cn[nH]c1-c1ccccc1. The molecule has 0 aliphatic carbocycles. The summed E-state index contributed by atoms with van der Waals surface area (Å²) in [6.07, 6.45) is 3.22. The maximum Gasteiger partial charge on any atom is 0.255 e. The van der Waals surface area contributed by atoms with Crippen molar-refractivity contribution in [3.63, 3.8) is 0 Å². The summed E-state index contributed by atoms with van der Waals surface area (Å²) in [6.45, 7) is 0.807. The second-order valence-corrected chi connectivity index (χ2v) is 6.48. The molecule has 6 nitrogen and oxygen atoms in total. The van der Waals surface area contributed by atoms with Crippen LogP contribution in [0.15, 0.2) is 85.2 Å². The van der Waals surface area contributed by atoms with E-state index in [-0.39, 0.29) is 5.91 Å². The van der Waals surface area contributed by atoms with Crippen molar-refractivity contribution >= 4 is 5.91 Å². The number of carbonyl (C=O) groups excluding carboxylic acids is 1. The van der Waals surface area contributed by atoms with Crippen molar-refractivity contribution in [2.45, 2.75) is 13.2 Å². The molecule has 0 fully saturated rings. The number of benzene rings is 2. The summed E-state index contributed by atoms with van der Waals surface area (Å²) in [5.74, 6) is 0.329. The van der Waals surface area contributed by atoms with Crippen molar-refractivity contribution in [1.29, 1.82) is 0 Å². The fourth-order valence-corrected chi connectivity index (χ4v) is 2.93. The summed E-state index contributed by atoms with van der Waals surface area (Å²) in [5.41, 5.74) is 4.09. The number of pyridine rings is 1. The van der Waals surface area contributed by atoms with Gasteiger partial charge in [0.1, 0.15) is 6.61 Å². The Morgan fingerprint density at radius 2 is 1.72 bits per heavy atom. The van der Waals surface area contributed by atoms with Gasteiger partial charge in [-0.3, -0.25) is 9.89 Å². The molecular weight excluding hydrogens is 364 g/mol. The van der Waals surface area contributed by atoms with Crippen LogP contribution < -0.4 is 10.1 Å². The Bertz CT molecular complexity index is 1080. The molecule has 0 bridgehead atoms. The van der Waals surface area contributed by atoms with Gasteiger partial charge in [0.25, 0.3) is 5.91 Å². The Labute approximate surface area is 168 Å². The van der Waals surface area contributed by atoms with Crippen LogP contribution in [0.1, 0.15) is 21.5 Å². The van der Waals surface area contributed by atoms with Crippen LogP contribution in [-0.4, -0.2) is 21.1 Å². The van der Waals surface area contributed by atoms with Gasteiger partial charge in [0.2, 0.25) is 5.88 Å². The van der Waals surface area contributed by atoms with E-state index in [4.69, 9.17) is 4.74 Å². The molecule has 6 heteroatoms. The molecule has 0 radical (unpaired) electrons. The molecule has 0 unspecified atom stereocenters. The number of carbonyl (C=O) groups is 1. The minimum Gasteiger partial charge on any atom is -0.473 e. The molecule has 0 saturated carbocycles. The summed E-state index contributed by atoms with van der Waals surface area (Å²) < 4.78 is 5.75. The molecule has 2 aromatic heterocycles. The quantitative estimate of drug-likeness (QED) is 0.505. The Kier molecular flexibility index (Phi) is 5.62. The van der Waals surface area contributed by atoms with E-state index in [1.54, 1.807) is 12.4 Å². The van der Waals surface area contributed by atoms with Gasteiger partial charge in [-0.1, -0.05) is 60.7 Å². The highest BCUT2D eigenvalue weighted by Crippen LogP contribution is 2.20. The lowest BCUT2D eigenvalue weighted by molar-refractivity contribution is 0.0951. The molecule has 2 N–H and O–H groups in total.